The largest absolute Gasteiger partial charge is 0.490 e. The van der Waals surface area contributed by atoms with Crippen molar-refractivity contribution in [2.45, 2.75) is 40.0 Å². The van der Waals surface area contributed by atoms with E-state index in [2.05, 4.69) is 54.9 Å². The van der Waals surface area contributed by atoms with Gasteiger partial charge in [0.2, 0.25) is 0 Å². The molecule has 0 bridgehead atoms. The number of carbonyl (C=O) groups is 2. The molecular formula is C32H40N6O6. The van der Waals surface area contributed by atoms with Gasteiger partial charge < -0.3 is 39.4 Å². The number of urea groups is 1. The summed E-state index contributed by atoms with van der Waals surface area (Å²) >= 11 is 0. The van der Waals surface area contributed by atoms with E-state index >= 15 is 0 Å². The van der Waals surface area contributed by atoms with Crippen molar-refractivity contribution in [3.63, 3.8) is 0 Å². The van der Waals surface area contributed by atoms with Gasteiger partial charge in [-0.1, -0.05) is 6.07 Å². The van der Waals surface area contributed by atoms with Crippen LogP contribution in [0, 0.1) is 13.8 Å². The zero-order valence-electron chi connectivity index (χ0n) is 26.1. The Balaban J connectivity index is 1.42. The summed E-state index contributed by atoms with van der Waals surface area (Å²) in [6.07, 6.45) is 0.556. The Kier molecular flexibility index (Phi) is 10.2. The standard InChI is InChI=1S/C32H40N6O6/c1-8-43-27-16-22(30-29(31(40)42-7)20(3)34-32(41)35-30)9-14-26(27)44-18-28(39)36-33-17-23-15-19(2)38(21(23)4)25-12-10-24(11-13-25)37(5)6/h9-17,28,30,36,39H,8,18H2,1-7H3,(H2,34,35,41)/b33-17-/t28-,30+/m1/s1. The average Bonchev–Trinajstić information content (AvgIpc) is 3.28. The monoisotopic (exact) mass is 604 g/mol. The number of aliphatic hydroxyl groups is 1. The van der Waals surface area contributed by atoms with Crippen LogP contribution in [0.2, 0.25) is 0 Å². The van der Waals surface area contributed by atoms with Crippen LogP contribution in [0.25, 0.3) is 5.69 Å². The molecular weight excluding hydrogens is 564 g/mol. The third-order valence-electron chi connectivity index (χ3n) is 7.19. The first-order chi connectivity index (χ1) is 21.0. The minimum Gasteiger partial charge on any atom is -0.490 e. The quantitative estimate of drug-likeness (QED) is 0.106. The Labute approximate surface area is 257 Å². The van der Waals surface area contributed by atoms with E-state index in [4.69, 9.17) is 14.2 Å². The van der Waals surface area contributed by atoms with Gasteiger partial charge in [-0.05, 0) is 75.7 Å². The maximum atomic E-state index is 12.5. The summed E-state index contributed by atoms with van der Waals surface area (Å²) in [5.74, 6) is 0.208. The molecule has 1 aliphatic rings. The topological polar surface area (TPSA) is 139 Å². The molecule has 4 N–H and O–H groups in total. The summed E-state index contributed by atoms with van der Waals surface area (Å²) in [4.78, 5) is 26.7. The zero-order valence-corrected chi connectivity index (χ0v) is 26.1. The van der Waals surface area contributed by atoms with Gasteiger partial charge in [0, 0.05) is 48.1 Å². The van der Waals surface area contributed by atoms with Gasteiger partial charge in [0.25, 0.3) is 0 Å². The Morgan fingerprint density at radius 3 is 2.50 bits per heavy atom. The number of hydrazone groups is 1. The minimum atomic E-state index is -1.11. The number of rotatable bonds is 12. The van der Waals surface area contributed by atoms with Crippen LogP contribution in [-0.4, -0.2) is 68.5 Å². The van der Waals surface area contributed by atoms with Gasteiger partial charge >= 0.3 is 12.0 Å². The number of esters is 1. The molecule has 2 amide bonds. The summed E-state index contributed by atoms with van der Waals surface area (Å²) in [5.41, 5.74) is 9.15. The fourth-order valence-electron chi connectivity index (χ4n) is 5.03. The number of methoxy groups -OCH3 is 1. The maximum Gasteiger partial charge on any atom is 0.337 e. The molecule has 0 aliphatic carbocycles. The lowest BCUT2D eigenvalue weighted by atomic mass is 9.95. The van der Waals surface area contributed by atoms with Gasteiger partial charge in [-0.3, -0.25) is 5.43 Å². The Hall–Kier alpha value is -4.97. The highest BCUT2D eigenvalue weighted by atomic mass is 16.5. The number of aromatic nitrogens is 1. The first-order valence-electron chi connectivity index (χ1n) is 14.2. The van der Waals surface area contributed by atoms with Crippen molar-refractivity contribution in [1.29, 1.82) is 0 Å². The highest BCUT2D eigenvalue weighted by Crippen LogP contribution is 2.35. The van der Waals surface area contributed by atoms with Crippen molar-refractivity contribution in [1.82, 2.24) is 20.6 Å². The predicted molar refractivity (Wildman–Crippen MR) is 169 cm³/mol. The molecule has 2 atom stereocenters. The number of hydrogen-bond acceptors (Lipinski definition) is 9. The summed E-state index contributed by atoms with van der Waals surface area (Å²) in [7, 11) is 5.30. The molecule has 3 aromatic rings. The van der Waals surface area contributed by atoms with Gasteiger partial charge in [0.15, 0.2) is 17.7 Å². The lowest BCUT2D eigenvalue weighted by Gasteiger charge is -2.28. The van der Waals surface area contributed by atoms with Gasteiger partial charge in [0.05, 0.1) is 31.5 Å². The number of hydrogen-bond donors (Lipinski definition) is 4. The van der Waals surface area contributed by atoms with Crippen molar-refractivity contribution < 1.29 is 28.9 Å². The van der Waals surface area contributed by atoms with Crippen LogP contribution >= 0.6 is 0 Å². The highest BCUT2D eigenvalue weighted by molar-refractivity contribution is 5.95. The number of nitrogens with zero attached hydrogens (tertiary/aromatic N) is 3. The average molecular weight is 605 g/mol. The van der Waals surface area contributed by atoms with Crippen molar-refractivity contribution in [3.05, 3.63) is 82.3 Å². The fourth-order valence-corrected chi connectivity index (χ4v) is 5.03. The van der Waals surface area contributed by atoms with E-state index in [-0.39, 0.29) is 12.2 Å². The second-order valence-corrected chi connectivity index (χ2v) is 10.5. The molecule has 0 fully saturated rings. The fraction of sp³-hybridized carbons (Fsp3) is 0.344. The molecule has 1 aromatic heterocycles. The van der Waals surface area contributed by atoms with Crippen LogP contribution in [-0.2, 0) is 9.53 Å². The Morgan fingerprint density at radius 2 is 1.84 bits per heavy atom. The lowest BCUT2D eigenvalue weighted by Crippen LogP contribution is -2.45. The summed E-state index contributed by atoms with van der Waals surface area (Å²) in [6, 6.07) is 14.2. The normalized spacial score (nSPS) is 15.5. The first kappa shape index (κ1) is 32.0. The molecule has 0 spiro atoms. The molecule has 234 valence electrons. The van der Waals surface area contributed by atoms with Crippen molar-refractivity contribution >= 4 is 23.9 Å². The molecule has 0 unspecified atom stereocenters. The molecule has 2 heterocycles. The molecule has 2 aromatic carbocycles. The molecule has 4 rings (SSSR count). The van der Waals surface area contributed by atoms with E-state index in [1.54, 1.807) is 31.3 Å². The smallest absolute Gasteiger partial charge is 0.337 e. The third kappa shape index (κ3) is 7.14. The summed E-state index contributed by atoms with van der Waals surface area (Å²) < 4.78 is 18.7. The number of anilines is 1. The minimum absolute atomic E-state index is 0.121. The third-order valence-corrected chi connectivity index (χ3v) is 7.19. The van der Waals surface area contributed by atoms with E-state index in [9.17, 15) is 14.7 Å². The summed E-state index contributed by atoms with van der Waals surface area (Å²) in [6.45, 7) is 7.75. The number of nitrogens with one attached hydrogen (secondary N) is 3. The van der Waals surface area contributed by atoms with Gasteiger partial charge in [-0.25, -0.2) is 9.59 Å². The SMILES string of the molecule is CCOc1cc([C@@H]2NC(=O)NC(C)=C2C(=O)OC)ccc1OC[C@@H](O)N/N=C\c1cc(C)n(-c2ccc(N(C)C)cc2)c1C. The van der Waals surface area contributed by atoms with E-state index < -0.39 is 24.3 Å². The van der Waals surface area contributed by atoms with Gasteiger partial charge in [-0.15, -0.1) is 0 Å². The van der Waals surface area contributed by atoms with E-state index in [1.165, 1.54) is 7.11 Å². The molecule has 1 aliphatic heterocycles. The number of benzene rings is 2. The van der Waals surface area contributed by atoms with Crippen molar-refractivity contribution in [2.24, 2.45) is 5.10 Å². The number of aliphatic hydroxyl groups excluding tert-OH is 1. The highest BCUT2D eigenvalue weighted by Gasteiger charge is 2.32. The maximum absolute atomic E-state index is 12.5. The van der Waals surface area contributed by atoms with E-state index in [0.717, 1.165) is 28.3 Å². The van der Waals surface area contributed by atoms with Crippen LogP contribution in [0.4, 0.5) is 10.5 Å². The molecule has 0 saturated heterocycles. The van der Waals surface area contributed by atoms with Gasteiger partial charge in [-0.2, -0.15) is 5.10 Å². The Morgan fingerprint density at radius 1 is 1.11 bits per heavy atom. The number of ether oxygens (including phenoxy) is 3. The Bertz CT molecular complexity index is 1560. The van der Waals surface area contributed by atoms with E-state index in [1.807, 2.05) is 40.9 Å². The number of amides is 2. The van der Waals surface area contributed by atoms with Crippen LogP contribution in [0.15, 0.2) is 64.9 Å². The van der Waals surface area contributed by atoms with Crippen LogP contribution < -0.4 is 30.4 Å². The molecule has 12 nitrogen and oxygen atoms in total. The van der Waals surface area contributed by atoms with Crippen LogP contribution in [0.3, 0.4) is 0 Å². The van der Waals surface area contributed by atoms with Crippen LogP contribution in [0.1, 0.15) is 42.4 Å². The van der Waals surface area contributed by atoms with Gasteiger partial charge in [0.1, 0.15) is 6.61 Å². The second-order valence-electron chi connectivity index (χ2n) is 10.5. The summed E-state index contributed by atoms with van der Waals surface area (Å²) in [5, 5.41) is 20.1. The number of carbonyl (C=O) groups excluding carboxylic acids is 2. The predicted octanol–water partition coefficient (Wildman–Crippen LogP) is 3.68. The van der Waals surface area contributed by atoms with Crippen molar-refractivity contribution in [2.75, 3.05) is 39.3 Å². The first-order valence-corrected chi connectivity index (χ1v) is 14.2. The van der Waals surface area contributed by atoms with Crippen LogP contribution in [0.5, 0.6) is 11.5 Å². The number of aryl methyl sites for hydroxylation is 1. The van der Waals surface area contributed by atoms with Crippen molar-refractivity contribution in [3.8, 4) is 17.2 Å². The number of allylic oxidation sites excluding steroid dienone is 1. The zero-order chi connectivity index (χ0) is 32.0. The molecule has 44 heavy (non-hydrogen) atoms. The molecule has 0 saturated carbocycles. The second kappa shape index (κ2) is 14.0. The lowest BCUT2D eigenvalue weighted by molar-refractivity contribution is -0.136. The van der Waals surface area contributed by atoms with E-state index in [0.29, 0.717) is 29.4 Å². The molecule has 0 radical (unpaired) electrons. The molecule has 12 heteroatoms.